The van der Waals surface area contributed by atoms with Crippen LogP contribution in [0.15, 0.2) is 71.2 Å². The Kier molecular flexibility index (Phi) is 12.1. The molecule has 1 atom stereocenters. The number of benzene rings is 3. The predicted octanol–water partition coefficient (Wildman–Crippen LogP) is 6.39. The fraction of sp³-hybridized carbons (Fsp3) is 0.333. The molecule has 1 unspecified atom stereocenters. The summed E-state index contributed by atoms with van der Waals surface area (Å²) in [5, 5.41) is 3.72. The van der Waals surface area contributed by atoms with Crippen molar-refractivity contribution >= 4 is 66.7 Å². The second-order valence-electron chi connectivity index (χ2n) is 9.81. The number of anilines is 1. The molecule has 0 aromatic heterocycles. The molecule has 2 amide bonds. The third-order valence-electron chi connectivity index (χ3n) is 6.57. The van der Waals surface area contributed by atoms with Gasteiger partial charge < -0.3 is 10.2 Å². The van der Waals surface area contributed by atoms with E-state index in [0.29, 0.717) is 27.8 Å². The van der Waals surface area contributed by atoms with Crippen LogP contribution >= 0.6 is 39.1 Å². The largest absolute Gasteiger partial charge is 0.354 e. The summed E-state index contributed by atoms with van der Waals surface area (Å²) < 4.78 is 27.7. The van der Waals surface area contributed by atoms with Gasteiger partial charge in [0.15, 0.2) is 0 Å². The number of nitrogens with one attached hydrogen (secondary N) is 1. The van der Waals surface area contributed by atoms with E-state index in [1.54, 1.807) is 36.4 Å². The molecule has 0 spiro atoms. The van der Waals surface area contributed by atoms with Crippen molar-refractivity contribution in [2.75, 3.05) is 23.7 Å². The number of hydrogen-bond donors (Lipinski definition) is 1. The number of hydrogen-bond acceptors (Lipinski definition) is 4. The average Bonchev–Trinajstić information content (AvgIpc) is 2.92. The summed E-state index contributed by atoms with van der Waals surface area (Å²) in [6.45, 7) is 3.79. The molecule has 3 aromatic rings. The maximum Gasteiger partial charge on any atom is 0.244 e. The van der Waals surface area contributed by atoms with Crippen LogP contribution in [0.25, 0.3) is 0 Å². The van der Waals surface area contributed by atoms with Gasteiger partial charge in [0.2, 0.25) is 21.8 Å². The fourth-order valence-electron chi connectivity index (χ4n) is 4.29. The van der Waals surface area contributed by atoms with Gasteiger partial charge in [-0.25, -0.2) is 8.42 Å². The van der Waals surface area contributed by atoms with Crippen LogP contribution < -0.4 is 9.62 Å². The molecule has 0 radical (unpaired) electrons. The minimum absolute atomic E-state index is 0.0233. The maximum atomic E-state index is 14.1. The highest BCUT2D eigenvalue weighted by Crippen LogP contribution is 2.27. The molecule has 0 bridgehead atoms. The molecule has 0 aliphatic rings. The zero-order chi connectivity index (χ0) is 30.2. The monoisotopic (exact) mass is 681 g/mol. The molecular formula is C30H34BrCl2N3O4S. The number of unbranched alkanes of at least 4 members (excludes halogenated alkanes) is 1. The van der Waals surface area contributed by atoms with Crippen molar-refractivity contribution < 1.29 is 18.0 Å². The van der Waals surface area contributed by atoms with E-state index in [0.717, 1.165) is 39.0 Å². The molecule has 0 fully saturated rings. The molecule has 0 aliphatic heterocycles. The van der Waals surface area contributed by atoms with Gasteiger partial charge in [0.05, 0.1) is 11.9 Å². The quantitative estimate of drug-likeness (QED) is 0.212. The smallest absolute Gasteiger partial charge is 0.244 e. The van der Waals surface area contributed by atoms with Gasteiger partial charge in [-0.2, -0.15) is 0 Å². The van der Waals surface area contributed by atoms with Crippen LogP contribution in [0, 0.1) is 6.92 Å². The van der Waals surface area contributed by atoms with E-state index >= 15 is 0 Å². The molecule has 7 nitrogen and oxygen atoms in total. The van der Waals surface area contributed by atoms with E-state index in [1.165, 1.54) is 4.90 Å². The Morgan fingerprint density at radius 1 is 1.02 bits per heavy atom. The summed E-state index contributed by atoms with van der Waals surface area (Å²) in [7, 11) is -3.86. The molecule has 41 heavy (non-hydrogen) atoms. The van der Waals surface area contributed by atoms with Crippen LogP contribution in [-0.2, 0) is 32.6 Å². The minimum atomic E-state index is -3.86. The summed E-state index contributed by atoms with van der Waals surface area (Å²) in [4.78, 5) is 29.2. The molecule has 3 aromatic carbocycles. The van der Waals surface area contributed by atoms with Crippen molar-refractivity contribution in [3.63, 3.8) is 0 Å². The first-order valence-electron chi connectivity index (χ1n) is 13.2. The number of halogens is 3. The van der Waals surface area contributed by atoms with Gasteiger partial charge in [-0.3, -0.25) is 13.9 Å². The Hall–Kier alpha value is -2.59. The van der Waals surface area contributed by atoms with E-state index in [9.17, 15) is 18.0 Å². The van der Waals surface area contributed by atoms with E-state index in [1.807, 2.05) is 44.2 Å². The van der Waals surface area contributed by atoms with Crippen LogP contribution in [0.4, 0.5) is 5.69 Å². The maximum absolute atomic E-state index is 14.1. The third kappa shape index (κ3) is 9.46. The molecule has 0 aliphatic carbocycles. The first-order valence-corrected chi connectivity index (χ1v) is 16.6. The number of amides is 2. The third-order valence-corrected chi connectivity index (χ3v) is 9.18. The number of nitrogens with zero attached hydrogens (tertiary/aromatic N) is 2. The van der Waals surface area contributed by atoms with Gasteiger partial charge in [-0.1, -0.05) is 88.9 Å². The summed E-state index contributed by atoms with van der Waals surface area (Å²) >= 11 is 16.0. The van der Waals surface area contributed by atoms with Gasteiger partial charge in [-0.05, 0) is 60.4 Å². The number of aryl methyl sites for hydroxylation is 1. The van der Waals surface area contributed by atoms with Crippen molar-refractivity contribution in [1.82, 2.24) is 10.2 Å². The lowest BCUT2D eigenvalue weighted by atomic mass is 10.0. The fourth-order valence-corrected chi connectivity index (χ4v) is 5.85. The first-order chi connectivity index (χ1) is 19.4. The van der Waals surface area contributed by atoms with E-state index in [2.05, 4.69) is 21.2 Å². The van der Waals surface area contributed by atoms with Gasteiger partial charge in [0.25, 0.3) is 0 Å². The van der Waals surface area contributed by atoms with Crippen LogP contribution in [-0.4, -0.2) is 50.5 Å². The predicted molar refractivity (Wildman–Crippen MR) is 170 cm³/mol. The zero-order valence-electron chi connectivity index (χ0n) is 23.2. The molecule has 3 rings (SSSR count). The lowest BCUT2D eigenvalue weighted by Gasteiger charge is -2.33. The second kappa shape index (κ2) is 15.0. The average molecular weight is 683 g/mol. The van der Waals surface area contributed by atoms with E-state index in [-0.39, 0.29) is 18.9 Å². The Balaban J connectivity index is 2.07. The Bertz CT molecular complexity index is 1470. The number of rotatable bonds is 13. The lowest BCUT2D eigenvalue weighted by molar-refractivity contribution is -0.140. The zero-order valence-corrected chi connectivity index (χ0v) is 27.2. The van der Waals surface area contributed by atoms with Crippen molar-refractivity contribution in [3.05, 3.63) is 97.9 Å². The molecule has 220 valence electrons. The van der Waals surface area contributed by atoms with Crippen LogP contribution in [0.3, 0.4) is 0 Å². The molecule has 0 saturated carbocycles. The molecule has 0 saturated heterocycles. The van der Waals surface area contributed by atoms with Crippen molar-refractivity contribution in [1.29, 1.82) is 0 Å². The van der Waals surface area contributed by atoms with Crippen molar-refractivity contribution in [2.45, 2.75) is 45.7 Å². The molecular weight excluding hydrogens is 649 g/mol. The standard InChI is InChI=1S/C30H34BrCl2N3O4S/c1-4-5-15-34-30(38)28(17-22-9-7-6-8-10-22)35(19-23-11-12-24(32)18-27(23)33)29(37)20-36(41(3,39)40)25-13-14-26(31)21(2)16-25/h6-14,16,18,28H,4-5,15,17,19-20H2,1-3H3,(H,34,38). The number of carbonyl (C=O) groups is 2. The molecule has 1 N–H and O–H groups in total. The second-order valence-corrected chi connectivity index (χ2v) is 13.4. The van der Waals surface area contributed by atoms with E-state index in [4.69, 9.17) is 23.2 Å². The van der Waals surface area contributed by atoms with Gasteiger partial charge in [0.1, 0.15) is 12.6 Å². The molecule has 0 heterocycles. The van der Waals surface area contributed by atoms with Gasteiger partial charge in [0, 0.05) is 34.0 Å². The minimum Gasteiger partial charge on any atom is -0.354 e. The SMILES string of the molecule is CCCCNC(=O)C(Cc1ccccc1)N(Cc1ccc(Cl)cc1Cl)C(=O)CN(c1ccc(Br)c(C)c1)S(C)(=O)=O. The summed E-state index contributed by atoms with van der Waals surface area (Å²) in [6.07, 6.45) is 2.96. The van der Waals surface area contributed by atoms with Crippen LogP contribution in [0.1, 0.15) is 36.5 Å². The molecule has 11 heteroatoms. The van der Waals surface area contributed by atoms with Gasteiger partial charge in [-0.15, -0.1) is 0 Å². The highest BCUT2D eigenvalue weighted by atomic mass is 79.9. The van der Waals surface area contributed by atoms with Crippen LogP contribution in [0.2, 0.25) is 10.0 Å². The van der Waals surface area contributed by atoms with Crippen LogP contribution in [0.5, 0.6) is 0 Å². The highest BCUT2D eigenvalue weighted by molar-refractivity contribution is 9.10. The first kappa shape index (κ1) is 32.9. The summed E-state index contributed by atoms with van der Waals surface area (Å²) in [5.41, 5.74) is 2.59. The Labute approximate surface area is 261 Å². The van der Waals surface area contributed by atoms with E-state index < -0.39 is 28.5 Å². The topological polar surface area (TPSA) is 86.8 Å². The Morgan fingerprint density at radius 3 is 2.34 bits per heavy atom. The number of sulfonamides is 1. The Morgan fingerprint density at radius 2 is 1.73 bits per heavy atom. The highest BCUT2D eigenvalue weighted by Gasteiger charge is 2.33. The summed E-state index contributed by atoms with van der Waals surface area (Å²) in [5.74, 6) is -0.875. The van der Waals surface area contributed by atoms with Gasteiger partial charge >= 0.3 is 0 Å². The lowest BCUT2D eigenvalue weighted by Crippen LogP contribution is -2.53. The number of carbonyl (C=O) groups excluding carboxylic acids is 2. The summed E-state index contributed by atoms with van der Waals surface area (Å²) in [6, 6.07) is 18.4. The van der Waals surface area contributed by atoms with Crippen molar-refractivity contribution in [3.8, 4) is 0 Å². The van der Waals surface area contributed by atoms with Crippen molar-refractivity contribution in [2.24, 2.45) is 0 Å². The normalized spacial score (nSPS) is 12.0.